The zero-order valence-corrected chi connectivity index (χ0v) is 26.2. The molecule has 4 heterocycles. The number of likely N-dealkylation sites (N-methyl/N-ethyl adjacent to an activating group) is 1. The van der Waals surface area contributed by atoms with Crippen LogP contribution in [0.4, 0.5) is 11.5 Å². The van der Waals surface area contributed by atoms with E-state index in [0.29, 0.717) is 45.4 Å². The molecule has 3 fully saturated rings. The predicted molar refractivity (Wildman–Crippen MR) is 173 cm³/mol. The molecular formula is C35H41N7O3. The number of hydrogen-bond donors (Lipinski definition) is 0. The van der Waals surface area contributed by atoms with Crippen LogP contribution in [-0.4, -0.2) is 96.3 Å². The number of amides is 1. The number of carbonyl (C=O) groups is 1. The molecule has 7 rings (SSSR count). The van der Waals surface area contributed by atoms with Crippen molar-refractivity contribution >= 4 is 28.2 Å². The maximum absolute atomic E-state index is 12.6. The van der Waals surface area contributed by atoms with E-state index < -0.39 is 0 Å². The molecule has 4 aliphatic rings. The van der Waals surface area contributed by atoms with Gasteiger partial charge in [0.1, 0.15) is 12.4 Å². The number of anilines is 2. The van der Waals surface area contributed by atoms with Gasteiger partial charge in [-0.25, -0.2) is 0 Å². The first kappa shape index (κ1) is 29.5. The van der Waals surface area contributed by atoms with E-state index in [1.807, 2.05) is 0 Å². The Bertz CT molecular complexity index is 1660. The summed E-state index contributed by atoms with van der Waals surface area (Å²) in [6.45, 7) is 10.8. The number of ether oxygens (including phenoxy) is 2. The fraction of sp³-hybridized carbons (Fsp3) is 0.486. The van der Waals surface area contributed by atoms with Crippen molar-refractivity contribution in [2.24, 2.45) is 0 Å². The van der Waals surface area contributed by atoms with Gasteiger partial charge in [-0.05, 0) is 49.9 Å². The van der Waals surface area contributed by atoms with Gasteiger partial charge in [0.05, 0.1) is 50.0 Å². The number of morpholine rings is 1. The highest BCUT2D eigenvalue weighted by molar-refractivity contribution is 5.97. The lowest BCUT2D eigenvalue weighted by Gasteiger charge is -2.44. The van der Waals surface area contributed by atoms with Crippen molar-refractivity contribution in [3.8, 4) is 12.1 Å². The second-order valence-electron chi connectivity index (χ2n) is 12.9. The van der Waals surface area contributed by atoms with Crippen LogP contribution < -0.4 is 14.5 Å². The molecule has 1 saturated carbocycles. The van der Waals surface area contributed by atoms with Crippen molar-refractivity contribution in [1.29, 1.82) is 5.26 Å². The van der Waals surface area contributed by atoms with Crippen LogP contribution in [-0.2, 0) is 22.5 Å². The van der Waals surface area contributed by atoms with Gasteiger partial charge in [0.2, 0.25) is 5.91 Å². The molecule has 1 amide bonds. The second kappa shape index (κ2) is 12.0. The molecule has 3 aliphatic heterocycles. The largest absolute Gasteiger partial charge is 0.462 e. The average Bonchev–Trinajstić information content (AvgIpc) is 3.83. The van der Waals surface area contributed by atoms with E-state index in [1.165, 1.54) is 28.1 Å². The summed E-state index contributed by atoms with van der Waals surface area (Å²) in [5.74, 6) is 0.734. The van der Waals surface area contributed by atoms with E-state index in [9.17, 15) is 10.1 Å². The van der Waals surface area contributed by atoms with E-state index in [0.717, 1.165) is 49.5 Å². The fourth-order valence-corrected chi connectivity index (χ4v) is 7.36. The van der Waals surface area contributed by atoms with Crippen molar-refractivity contribution in [1.82, 2.24) is 19.8 Å². The van der Waals surface area contributed by atoms with Gasteiger partial charge in [0.15, 0.2) is 0 Å². The van der Waals surface area contributed by atoms with Gasteiger partial charge in [0.25, 0.3) is 0 Å². The highest BCUT2D eigenvalue weighted by Crippen LogP contribution is 2.53. The molecule has 1 aromatic heterocycles. The van der Waals surface area contributed by atoms with Gasteiger partial charge < -0.3 is 24.2 Å². The van der Waals surface area contributed by atoms with Crippen LogP contribution in [0.2, 0.25) is 0 Å². The SMILES string of the molecule is C=CC(=O)N1CCN(c2nc(OC[C@@H]3COCCN3C)nc3c2CC2(CC2)N(c2cccc4cccc(C)c24)C3)C[C@@H]1CC#N. The molecule has 2 atom stereocenters. The molecule has 2 saturated heterocycles. The Balaban J connectivity index is 1.27. The molecule has 10 nitrogen and oxygen atoms in total. The van der Waals surface area contributed by atoms with Gasteiger partial charge in [-0.3, -0.25) is 9.69 Å². The lowest BCUT2D eigenvalue weighted by Crippen LogP contribution is -2.55. The number of aryl methyl sites for hydroxylation is 1. The molecule has 0 radical (unpaired) electrons. The Labute approximate surface area is 264 Å². The topological polar surface area (TPSA) is 98.1 Å². The third-order valence-corrected chi connectivity index (χ3v) is 10.1. The minimum atomic E-state index is -0.245. The number of piperazine rings is 1. The molecule has 0 unspecified atom stereocenters. The molecule has 0 bridgehead atoms. The summed E-state index contributed by atoms with van der Waals surface area (Å²) in [5, 5.41) is 12.2. The van der Waals surface area contributed by atoms with Crippen LogP contribution in [0.3, 0.4) is 0 Å². The lowest BCUT2D eigenvalue weighted by atomic mass is 9.92. The standard InChI is InChI=1S/C35H41N7O3/c1-4-31(43)41-16-15-40(20-26(41)11-14-36)33-28-19-35(12-13-35)42(30-10-6-9-25-8-5-7-24(2)32(25)30)21-29(28)37-34(38-33)45-23-27-22-44-18-17-39(27)3/h4-10,26-27H,1,11-13,15-23H2,2-3H3/t26-,27-/m0/s1. The highest BCUT2D eigenvalue weighted by Gasteiger charge is 2.52. The summed E-state index contributed by atoms with van der Waals surface area (Å²) in [7, 11) is 2.09. The molecule has 1 spiro atoms. The number of fused-ring (bicyclic) bond motifs is 2. The highest BCUT2D eigenvalue weighted by atomic mass is 16.5. The molecule has 3 aromatic rings. The Morgan fingerprint density at radius 1 is 1.18 bits per heavy atom. The summed E-state index contributed by atoms with van der Waals surface area (Å²) in [5.41, 5.74) is 4.67. The first-order chi connectivity index (χ1) is 21.9. The number of nitriles is 1. The number of nitrogens with zero attached hydrogens (tertiary/aromatic N) is 7. The van der Waals surface area contributed by atoms with E-state index in [4.69, 9.17) is 19.4 Å². The monoisotopic (exact) mass is 607 g/mol. The van der Waals surface area contributed by atoms with Crippen LogP contribution in [0.1, 0.15) is 36.1 Å². The van der Waals surface area contributed by atoms with Crippen molar-refractivity contribution in [3.63, 3.8) is 0 Å². The zero-order valence-electron chi connectivity index (χ0n) is 26.2. The average molecular weight is 608 g/mol. The smallest absolute Gasteiger partial charge is 0.318 e. The normalized spacial score (nSPS) is 22.6. The fourth-order valence-electron chi connectivity index (χ4n) is 7.36. The van der Waals surface area contributed by atoms with Crippen molar-refractivity contribution in [2.75, 3.05) is 62.8 Å². The first-order valence-corrected chi connectivity index (χ1v) is 16.0. The van der Waals surface area contributed by atoms with Crippen LogP contribution in [0.15, 0.2) is 49.1 Å². The first-order valence-electron chi connectivity index (χ1n) is 16.0. The number of carbonyl (C=O) groups excluding carboxylic acids is 1. The summed E-state index contributed by atoms with van der Waals surface area (Å²) >= 11 is 0. The van der Waals surface area contributed by atoms with Crippen molar-refractivity contribution in [2.45, 2.75) is 56.8 Å². The van der Waals surface area contributed by atoms with Crippen LogP contribution in [0.25, 0.3) is 10.8 Å². The van der Waals surface area contributed by atoms with E-state index in [1.54, 1.807) is 4.90 Å². The molecule has 1 aliphatic carbocycles. The molecule has 234 valence electrons. The lowest BCUT2D eigenvalue weighted by molar-refractivity contribution is -0.128. The number of hydrogen-bond acceptors (Lipinski definition) is 9. The predicted octanol–water partition coefficient (Wildman–Crippen LogP) is 3.86. The minimum absolute atomic E-state index is 0.0128. The third-order valence-electron chi connectivity index (χ3n) is 10.1. The van der Waals surface area contributed by atoms with Gasteiger partial charge in [-0.1, -0.05) is 36.9 Å². The Hall–Kier alpha value is -4.20. The van der Waals surface area contributed by atoms with Crippen LogP contribution in [0, 0.1) is 18.3 Å². The van der Waals surface area contributed by atoms with Crippen molar-refractivity contribution < 1.29 is 14.3 Å². The van der Waals surface area contributed by atoms with Gasteiger partial charge in [-0.2, -0.15) is 15.2 Å². The minimum Gasteiger partial charge on any atom is -0.462 e. The van der Waals surface area contributed by atoms with Gasteiger partial charge in [0, 0.05) is 54.8 Å². The number of aromatic nitrogens is 2. The molecule has 45 heavy (non-hydrogen) atoms. The zero-order chi connectivity index (χ0) is 31.1. The molecule has 10 heteroatoms. The third kappa shape index (κ3) is 5.49. The maximum Gasteiger partial charge on any atom is 0.318 e. The van der Waals surface area contributed by atoms with Gasteiger partial charge in [-0.15, -0.1) is 0 Å². The quantitative estimate of drug-likeness (QED) is 0.371. The Morgan fingerprint density at radius 2 is 2.00 bits per heavy atom. The molecule has 2 aromatic carbocycles. The molecular weight excluding hydrogens is 566 g/mol. The van der Waals surface area contributed by atoms with E-state index >= 15 is 0 Å². The van der Waals surface area contributed by atoms with Crippen molar-refractivity contribution in [3.05, 3.63) is 65.9 Å². The second-order valence-corrected chi connectivity index (χ2v) is 12.9. The summed E-state index contributed by atoms with van der Waals surface area (Å²) < 4.78 is 12.1. The Morgan fingerprint density at radius 3 is 2.76 bits per heavy atom. The maximum atomic E-state index is 12.6. The summed E-state index contributed by atoms with van der Waals surface area (Å²) in [4.78, 5) is 31.6. The Kier molecular flexibility index (Phi) is 7.84. The van der Waals surface area contributed by atoms with Crippen LogP contribution >= 0.6 is 0 Å². The summed E-state index contributed by atoms with van der Waals surface area (Å²) in [6, 6.07) is 15.6. The number of benzene rings is 2. The van der Waals surface area contributed by atoms with E-state index in [2.05, 4.69) is 77.7 Å². The molecule has 0 N–H and O–H groups in total. The van der Waals surface area contributed by atoms with Gasteiger partial charge >= 0.3 is 6.01 Å². The number of rotatable bonds is 7. The summed E-state index contributed by atoms with van der Waals surface area (Å²) in [6.07, 6.45) is 4.65. The van der Waals surface area contributed by atoms with E-state index in [-0.39, 0.29) is 30.0 Å². The van der Waals surface area contributed by atoms with Crippen LogP contribution in [0.5, 0.6) is 6.01 Å².